The Morgan fingerprint density at radius 3 is 2.85 bits per heavy atom. The molecule has 27 heavy (non-hydrogen) atoms. The first-order chi connectivity index (χ1) is 12.9. The molecule has 1 atom stereocenters. The van der Waals surface area contributed by atoms with E-state index in [1.165, 1.54) is 22.7 Å². The maximum Gasteiger partial charge on any atom is 0.273 e. The predicted molar refractivity (Wildman–Crippen MR) is 98.3 cm³/mol. The van der Waals surface area contributed by atoms with Crippen LogP contribution >= 0.6 is 22.7 Å². The van der Waals surface area contributed by atoms with Gasteiger partial charge in [0, 0.05) is 5.38 Å². The second-order valence-corrected chi connectivity index (χ2v) is 7.24. The molecule has 0 aliphatic heterocycles. The molecule has 1 aromatic carbocycles. The van der Waals surface area contributed by atoms with Gasteiger partial charge in [-0.1, -0.05) is 11.3 Å². The van der Waals surface area contributed by atoms with Gasteiger partial charge in [-0.2, -0.15) is 0 Å². The Morgan fingerprint density at radius 1 is 1.37 bits per heavy atom. The van der Waals surface area contributed by atoms with Crippen LogP contribution in [0.15, 0.2) is 23.7 Å². The van der Waals surface area contributed by atoms with Crippen LogP contribution in [0.2, 0.25) is 0 Å². The molecule has 1 unspecified atom stereocenters. The number of nitrogens with two attached hydrogens (primary N) is 1. The van der Waals surface area contributed by atoms with Crippen molar-refractivity contribution in [3.8, 4) is 21.5 Å². The number of halogens is 2. The predicted octanol–water partition coefficient (Wildman–Crippen LogP) is 4.18. The molecule has 0 spiro atoms. The molecule has 10 heteroatoms. The summed E-state index contributed by atoms with van der Waals surface area (Å²) in [5.74, 6) is -3.64. The SMILES string of the molecule is CCOc1ncc(-c2csc(C(C)Oc3ccc(F)c(C(N)=O)c3F)n2)s1. The zero-order valence-corrected chi connectivity index (χ0v) is 16.0. The lowest BCUT2D eigenvalue weighted by Gasteiger charge is -2.14. The molecule has 3 aromatic rings. The van der Waals surface area contributed by atoms with Gasteiger partial charge >= 0.3 is 0 Å². The minimum Gasteiger partial charge on any atom is -0.480 e. The lowest BCUT2D eigenvalue weighted by atomic mass is 10.1. The summed E-state index contributed by atoms with van der Waals surface area (Å²) in [6.45, 7) is 4.07. The highest BCUT2D eigenvalue weighted by atomic mass is 32.1. The van der Waals surface area contributed by atoms with Crippen molar-refractivity contribution in [2.24, 2.45) is 5.73 Å². The molecule has 6 nitrogen and oxygen atoms in total. The van der Waals surface area contributed by atoms with Crippen LogP contribution in [0.1, 0.15) is 35.3 Å². The van der Waals surface area contributed by atoms with E-state index < -0.39 is 29.2 Å². The second-order valence-electron chi connectivity index (χ2n) is 5.35. The maximum atomic E-state index is 14.3. The van der Waals surface area contributed by atoms with E-state index in [9.17, 15) is 13.6 Å². The Kier molecular flexibility index (Phi) is 5.66. The molecule has 1 amide bonds. The van der Waals surface area contributed by atoms with Crippen molar-refractivity contribution in [2.75, 3.05) is 6.61 Å². The first-order valence-electron chi connectivity index (χ1n) is 7.89. The summed E-state index contributed by atoms with van der Waals surface area (Å²) >= 11 is 2.69. The summed E-state index contributed by atoms with van der Waals surface area (Å²) in [5.41, 5.74) is 4.89. The van der Waals surface area contributed by atoms with Crippen molar-refractivity contribution >= 4 is 28.6 Å². The van der Waals surface area contributed by atoms with Crippen LogP contribution in [0.5, 0.6) is 10.9 Å². The molecule has 0 radical (unpaired) electrons. The van der Waals surface area contributed by atoms with Gasteiger partial charge < -0.3 is 15.2 Å². The quantitative estimate of drug-likeness (QED) is 0.630. The largest absolute Gasteiger partial charge is 0.480 e. The smallest absolute Gasteiger partial charge is 0.273 e. The normalized spacial score (nSPS) is 12.0. The van der Waals surface area contributed by atoms with E-state index in [0.29, 0.717) is 22.5 Å². The van der Waals surface area contributed by atoms with Crippen LogP contribution in [0.4, 0.5) is 8.78 Å². The minimum atomic E-state index is -1.20. The Bertz CT molecular complexity index is 974. The molecule has 2 heterocycles. The summed E-state index contributed by atoms with van der Waals surface area (Å²) < 4.78 is 38.7. The highest BCUT2D eigenvalue weighted by Crippen LogP contribution is 2.34. The van der Waals surface area contributed by atoms with Gasteiger partial charge in [0.25, 0.3) is 11.1 Å². The molecule has 0 saturated heterocycles. The van der Waals surface area contributed by atoms with E-state index in [2.05, 4.69) is 9.97 Å². The number of nitrogens with zero attached hydrogens (tertiary/aromatic N) is 2. The molecule has 0 fully saturated rings. The van der Waals surface area contributed by atoms with E-state index in [4.69, 9.17) is 15.2 Å². The number of primary amides is 1. The molecular formula is C17H15F2N3O3S2. The summed E-state index contributed by atoms with van der Waals surface area (Å²) in [6.07, 6.45) is 1.04. The van der Waals surface area contributed by atoms with Crippen LogP contribution in [0, 0.1) is 11.6 Å². The standard InChI is InChI=1S/C17H15F2N3O3S2/c1-3-24-17-21-6-12(27-17)10-7-26-16(22-10)8(2)25-11-5-4-9(18)13(14(11)19)15(20)23/h4-8H,3H2,1-2H3,(H2,20,23). The van der Waals surface area contributed by atoms with Crippen molar-refractivity contribution in [3.63, 3.8) is 0 Å². The maximum absolute atomic E-state index is 14.3. The number of rotatable bonds is 7. The minimum absolute atomic E-state index is 0.272. The Morgan fingerprint density at radius 2 is 2.15 bits per heavy atom. The number of carbonyl (C=O) groups excluding carboxylic acids is 1. The number of hydrogen-bond donors (Lipinski definition) is 1. The lowest BCUT2D eigenvalue weighted by molar-refractivity contribution is 0.0990. The molecule has 2 N–H and O–H groups in total. The number of benzene rings is 1. The van der Waals surface area contributed by atoms with Crippen molar-refractivity contribution < 1.29 is 23.0 Å². The van der Waals surface area contributed by atoms with Crippen LogP contribution in [0.3, 0.4) is 0 Å². The third kappa shape index (κ3) is 4.06. The van der Waals surface area contributed by atoms with E-state index in [0.717, 1.165) is 17.0 Å². The second kappa shape index (κ2) is 7.97. The first-order valence-corrected chi connectivity index (χ1v) is 9.59. The summed E-state index contributed by atoms with van der Waals surface area (Å²) in [7, 11) is 0. The molecule has 142 valence electrons. The Hall–Kier alpha value is -2.59. The molecule has 0 aliphatic rings. The lowest BCUT2D eigenvalue weighted by Crippen LogP contribution is -2.16. The van der Waals surface area contributed by atoms with Gasteiger partial charge in [0.2, 0.25) is 0 Å². The fourth-order valence-corrected chi connectivity index (χ4v) is 3.91. The first kappa shape index (κ1) is 19.2. The van der Waals surface area contributed by atoms with Crippen molar-refractivity contribution in [1.29, 1.82) is 0 Å². The van der Waals surface area contributed by atoms with Gasteiger partial charge in [-0.05, 0) is 26.0 Å². The highest BCUT2D eigenvalue weighted by molar-refractivity contribution is 7.17. The molecule has 0 aliphatic carbocycles. The molecule has 3 rings (SSSR count). The van der Waals surface area contributed by atoms with E-state index in [1.807, 2.05) is 12.3 Å². The Labute approximate surface area is 161 Å². The average molecular weight is 411 g/mol. The van der Waals surface area contributed by atoms with Crippen LogP contribution in [-0.2, 0) is 0 Å². The monoisotopic (exact) mass is 411 g/mol. The Balaban J connectivity index is 1.79. The fourth-order valence-electron chi connectivity index (χ4n) is 2.25. The van der Waals surface area contributed by atoms with Gasteiger partial charge in [0.1, 0.15) is 22.5 Å². The number of carbonyl (C=O) groups is 1. The van der Waals surface area contributed by atoms with Gasteiger partial charge in [-0.3, -0.25) is 4.79 Å². The van der Waals surface area contributed by atoms with E-state index in [-0.39, 0.29) is 5.75 Å². The molecule has 0 saturated carbocycles. The van der Waals surface area contributed by atoms with E-state index in [1.54, 1.807) is 13.1 Å². The summed E-state index contributed by atoms with van der Waals surface area (Å²) in [4.78, 5) is 20.7. The van der Waals surface area contributed by atoms with Crippen molar-refractivity contribution in [1.82, 2.24) is 9.97 Å². The van der Waals surface area contributed by atoms with Gasteiger partial charge in [-0.25, -0.2) is 18.7 Å². The van der Waals surface area contributed by atoms with Gasteiger partial charge in [-0.15, -0.1) is 11.3 Å². The molecular weight excluding hydrogens is 396 g/mol. The average Bonchev–Trinajstić information content (AvgIpc) is 3.26. The fraction of sp³-hybridized carbons (Fsp3) is 0.235. The van der Waals surface area contributed by atoms with Crippen LogP contribution in [-0.4, -0.2) is 22.5 Å². The summed E-state index contributed by atoms with van der Waals surface area (Å²) in [6, 6.07) is 2.05. The topological polar surface area (TPSA) is 87.3 Å². The third-order valence-corrected chi connectivity index (χ3v) is 5.42. The third-order valence-electron chi connectivity index (χ3n) is 3.48. The number of amides is 1. The number of thiazole rings is 2. The number of ether oxygens (including phenoxy) is 2. The number of hydrogen-bond acceptors (Lipinski definition) is 7. The summed E-state index contributed by atoms with van der Waals surface area (Å²) in [5, 5.41) is 2.97. The van der Waals surface area contributed by atoms with Gasteiger partial charge in [0.05, 0.1) is 23.4 Å². The number of aromatic nitrogens is 2. The molecule has 0 bridgehead atoms. The van der Waals surface area contributed by atoms with E-state index >= 15 is 0 Å². The van der Waals surface area contributed by atoms with Crippen molar-refractivity contribution in [3.05, 3.63) is 45.9 Å². The highest BCUT2D eigenvalue weighted by Gasteiger charge is 2.22. The van der Waals surface area contributed by atoms with Gasteiger partial charge in [0.15, 0.2) is 11.6 Å². The zero-order valence-electron chi connectivity index (χ0n) is 14.4. The van der Waals surface area contributed by atoms with Crippen LogP contribution in [0.25, 0.3) is 10.6 Å². The van der Waals surface area contributed by atoms with Crippen molar-refractivity contribution in [2.45, 2.75) is 20.0 Å². The van der Waals surface area contributed by atoms with Crippen LogP contribution < -0.4 is 15.2 Å². The zero-order chi connectivity index (χ0) is 19.6. The molecule has 2 aromatic heterocycles.